The van der Waals surface area contributed by atoms with Gasteiger partial charge in [-0.1, -0.05) is 11.8 Å². The maximum absolute atomic E-state index is 11.1. The molecule has 3 nitrogen and oxygen atoms in total. The Labute approximate surface area is 79.6 Å². The molecule has 0 saturated carbocycles. The van der Waals surface area contributed by atoms with Gasteiger partial charge in [0.25, 0.3) is 5.56 Å². The van der Waals surface area contributed by atoms with E-state index in [0.29, 0.717) is 16.6 Å². The number of hydrogen-bond donors (Lipinski definition) is 1. The summed E-state index contributed by atoms with van der Waals surface area (Å²) in [5.41, 5.74) is 0.548. The molecule has 0 atom stereocenters. The molecule has 0 radical (unpaired) electrons. The van der Waals surface area contributed by atoms with Crippen molar-refractivity contribution in [3.63, 3.8) is 0 Å². The lowest BCUT2D eigenvalue weighted by atomic mass is 10.4. The smallest absolute Gasteiger partial charge is 0.254 e. The predicted molar refractivity (Wildman–Crippen MR) is 51.0 cm³/mol. The lowest BCUT2D eigenvalue weighted by Crippen LogP contribution is -2.11. The van der Waals surface area contributed by atoms with Crippen LogP contribution in [-0.2, 0) is 0 Å². The molecule has 1 rings (SSSR count). The molecule has 0 aliphatic rings. The molecule has 0 fully saturated rings. The molecular weight excluding hydrogens is 196 g/mol. The molecule has 0 spiro atoms. The van der Waals surface area contributed by atoms with E-state index < -0.39 is 0 Å². The van der Waals surface area contributed by atoms with Crippen molar-refractivity contribution in [2.24, 2.45) is 0 Å². The second-order valence-corrected chi connectivity index (χ2v) is 3.70. The Bertz CT molecular complexity index is 313. The first kappa shape index (κ1) is 9.61. The molecule has 1 heterocycles. The molecule has 0 aliphatic carbocycles. The van der Waals surface area contributed by atoms with E-state index in [4.69, 9.17) is 11.6 Å². The highest BCUT2D eigenvalue weighted by molar-refractivity contribution is 7.99. The van der Waals surface area contributed by atoms with Gasteiger partial charge in [-0.05, 0) is 6.92 Å². The number of alkyl halides is 1. The fourth-order valence-electron chi connectivity index (χ4n) is 0.651. The Hall–Kier alpha value is -0.480. The van der Waals surface area contributed by atoms with Gasteiger partial charge in [0.05, 0.1) is 0 Å². The summed E-state index contributed by atoms with van der Waals surface area (Å²) in [5, 5.41) is 0.631. The van der Waals surface area contributed by atoms with E-state index in [0.717, 1.165) is 5.75 Å². The average molecular weight is 205 g/mol. The maximum Gasteiger partial charge on any atom is 0.254 e. The monoisotopic (exact) mass is 204 g/mol. The summed E-state index contributed by atoms with van der Waals surface area (Å²) in [7, 11) is 0. The van der Waals surface area contributed by atoms with Crippen molar-refractivity contribution in [2.75, 3.05) is 11.6 Å². The largest absolute Gasteiger partial charge is 0.301 e. The number of aromatic nitrogens is 2. The zero-order chi connectivity index (χ0) is 8.97. The van der Waals surface area contributed by atoms with Crippen LogP contribution in [0.25, 0.3) is 0 Å². The molecule has 12 heavy (non-hydrogen) atoms. The summed E-state index contributed by atoms with van der Waals surface area (Å²) in [4.78, 5) is 17.7. The van der Waals surface area contributed by atoms with Gasteiger partial charge in [-0.25, -0.2) is 4.98 Å². The number of rotatable bonds is 3. The van der Waals surface area contributed by atoms with Gasteiger partial charge in [-0.3, -0.25) is 4.79 Å². The summed E-state index contributed by atoms with van der Waals surface area (Å²) in [6.45, 7) is 1.72. The van der Waals surface area contributed by atoms with Crippen LogP contribution in [0.4, 0.5) is 0 Å². The van der Waals surface area contributed by atoms with Crippen LogP contribution in [0.15, 0.2) is 16.1 Å². The fourth-order valence-corrected chi connectivity index (χ4v) is 1.44. The van der Waals surface area contributed by atoms with E-state index in [-0.39, 0.29) is 5.56 Å². The van der Waals surface area contributed by atoms with E-state index in [1.807, 2.05) is 0 Å². The van der Waals surface area contributed by atoms with Gasteiger partial charge < -0.3 is 4.98 Å². The molecule has 0 aromatic carbocycles. The second-order valence-electron chi connectivity index (χ2n) is 2.24. The topological polar surface area (TPSA) is 45.8 Å². The summed E-state index contributed by atoms with van der Waals surface area (Å²) in [6.07, 6.45) is 1.56. The van der Waals surface area contributed by atoms with Crippen molar-refractivity contribution in [1.29, 1.82) is 0 Å². The number of H-pyrrole nitrogens is 1. The number of hydrogen-bond acceptors (Lipinski definition) is 3. The standard InChI is InChI=1S/C7H9ClN2OS/c1-5-4-9-7(10-6(5)11)12-3-2-8/h4H,2-3H2,1H3,(H,9,10,11). The predicted octanol–water partition coefficient (Wildman–Crippen LogP) is 1.41. The van der Waals surface area contributed by atoms with E-state index in [9.17, 15) is 4.79 Å². The zero-order valence-corrected chi connectivity index (χ0v) is 8.21. The van der Waals surface area contributed by atoms with E-state index in [2.05, 4.69) is 9.97 Å². The molecule has 1 aromatic rings. The highest BCUT2D eigenvalue weighted by atomic mass is 35.5. The minimum absolute atomic E-state index is 0.0814. The number of thioether (sulfide) groups is 1. The van der Waals surface area contributed by atoms with Crippen LogP contribution in [0.1, 0.15) is 5.56 Å². The van der Waals surface area contributed by atoms with E-state index in [1.54, 1.807) is 13.1 Å². The Morgan fingerprint density at radius 1 is 1.75 bits per heavy atom. The number of aromatic amines is 1. The van der Waals surface area contributed by atoms with Crippen molar-refractivity contribution in [3.05, 3.63) is 22.1 Å². The number of halogens is 1. The van der Waals surface area contributed by atoms with Crippen molar-refractivity contribution in [1.82, 2.24) is 9.97 Å². The first-order chi connectivity index (χ1) is 5.74. The highest BCUT2D eigenvalue weighted by Gasteiger charge is 1.97. The third-order valence-electron chi connectivity index (χ3n) is 1.27. The summed E-state index contributed by atoms with van der Waals surface area (Å²) < 4.78 is 0. The van der Waals surface area contributed by atoms with Crippen LogP contribution in [0.3, 0.4) is 0 Å². The number of nitrogens with one attached hydrogen (secondary N) is 1. The highest BCUT2D eigenvalue weighted by Crippen LogP contribution is 2.09. The van der Waals surface area contributed by atoms with Crippen LogP contribution < -0.4 is 5.56 Å². The van der Waals surface area contributed by atoms with E-state index in [1.165, 1.54) is 11.8 Å². The molecule has 0 saturated heterocycles. The molecule has 66 valence electrons. The molecule has 0 aliphatic heterocycles. The SMILES string of the molecule is Cc1cnc(SCCCl)[nH]c1=O. The molecule has 0 unspecified atom stereocenters. The Morgan fingerprint density at radius 2 is 2.50 bits per heavy atom. The van der Waals surface area contributed by atoms with Gasteiger partial charge >= 0.3 is 0 Å². The molecule has 0 bridgehead atoms. The minimum Gasteiger partial charge on any atom is -0.301 e. The summed E-state index contributed by atoms with van der Waals surface area (Å²) in [6, 6.07) is 0. The molecule has 0 amide bonds. The van der Waals surface area contributed by atoms with Crippen molar-refractivity contribution in [3.8, 4) is 0 Å². The van der Waals surface area contributed by atoms with Crippen molar-refractivity contribution in [2.45, 2.75) is 12.1 Å². The molecule has 1 N–H and O–H groups in total. The van der Waals surface area contributed by atoms with Crippen LogP contribution in [0.5, 0.6) is 0 Å². The second kappa shape index (κ2) is 4.52. The Kier molecular flexibility index (Phi) is 3.62. The first-order valence-electron chi connectivity index (χ1n) is 3.48. The minimum atomic E-state index is -0.0814. The Balaban J connectivity index is 2.76. The normalized spacial score (nSPS) is 10.2. The van der Waals surface area contributed by atoms with Crippen LogP contribution >= 0.6 is 23.4 Å². The Morgan fingerprint density at radius 3 is 3.08 bits per heavy atom. The fraction of sp³-hybridized carbons (Fsp3) is 0.429. The van der Waals surface area contributed by atoms with E-state index >= 15 is 0 Å². The van der Waals surface area contributed by atoms with Gasteiger partial charge in [0, 0.05) is 23.4 Å². The summed E-state index contributed by atoms with van der Waals surface area (Å²) in [5.74, 6) is 1.32. The number of aryl methyl sites for hydroxylation is 1. The van der Waals surface area contributed by atoms with Crippen LogP contribution in [0.2, 0.25) is 0 Å². The van der Waals surface area contributed by atoms with Crippen molar-refractivity contribution >= 4 is 23.4 Å². The van der Waals surface area contributed by atoms with Gasteiger partial charge in [-0.2, -0.15) is 0 Å². The van der Waals surface area contributed by atoms with Gasteiger partial charge in [0.15, 0.2) is 5.16 Å². The third kappa shape index (κ3) is 2.53. The van der Waals surface area contributed by atoms with Crippen molar-refractivity contribution < 1.29 is 0 Å². The van der Waals surface area contributed by atoms with Gasteiger partial charge in [-0.15, -0.1) is 11.6 Å². The third-order valence-corrected chi connectivity index (χ3v) is 2.57. The summed E-state index contributed by atoms with van der Waals surface area (Å²) >= 11 is 6.93. The van der Waals surface area contributed by atoms with Crippen LogP contribution in [-0.4, -0.2) is 21.6 Å². The molecule has 5 heteroatoms. The zero-order valence-electron chi connectivity index (χ0n) is 6.63. The van der Waals surface area contributed by atoms with Gasteiger partial charge in [0.1, 0.15) is 0 Å². The van der Waals surface area contributed by atoms with Gasteiger partial charge in [0.2, 0.25) is 0 Å². The maximum atomic E-state index is 11.1. The van der Waals surface area contributed by atoms with Crippen LogP contribution in [0, 0.1) is 6.92 Å². The quantitative estimate of drug-likeness (QED) is 0.460. The molecule has 1 aromatic heterocycles. The average Bonchev–Trinajstić information content (AvgIpc) is 2.07. The lowest BCUT2D eigenvalue weighted by molar-refractivity contribution is 0.918. The first-order valence-corrected chi connectivity index (χ1v) is 5.00. The molecular formula is C7H9ClN2OS. The number of nitrogens with zero attached hydrogens (tertiary/aromatic N) is 1. The lowest BCUT2D eigenvalue weighted by Gasteiger charge is -1.97.